The monoisotopic (exact) mass is 338 g/mol. The van der Waals surface area contributed by atoms with Gasteiger partial charge in [-0.25, -0.2) is 8.42 Å². The summed E-state index contributed by atoms with van der Waals surface area (Å²) < 4.78 is 29.4. The molecule has 2 bridgehead atoms. The molecule has 2 atom stereocenters. The van der Waals surface area contributed by atoms with Crippen LogP contribution in [0.3, 0.4) is 0 Å². The second-order valence-electron chi connectivity index (χ2n) is 7.35. The van der Waals surface area contributed by atoms with Crippen LogP contribution in [0.2, 0.25) is 0 Å². The number of hydrogen-bond acceptors (Lipinski definition) is 4. The minimum atomic E-state index is -3.41. The zero-order valence-electron chi connectivity index (χ0n) is 13.8. The first-order valence-corrected chi connectivity index (χ1v) is 10.3. The van der Waals surface area contributed by atoms with Crippen LogP contribution in [0.5, 0.6) is 0 Å². The highest BCUT2D eigenvalue weighted by Crippen LogP contribution is 2.35. The molecule has 0 spiro atoms. The third-order valence-corrected chi connectivity index (χ3v) is 7.34. The highest BCUT2D eigenvalue weighted by Gasteiger charge is 2.41. The van der Waals surface area contributed by atoms with Gasteiger partial charge in [-0.3, -0.25) is 9.58 Å². The minimum absolute atomic E-state index is 0.342. The smallest absolute Gasteiger partial charge is 0.246 e. The van der Waals surface area contributed by atoms with Gasteiger partial charge in [0.2, 0.25) is 10.0 Å². The molecule has 1 aromatic rings. The number of hydrogen-bond donors (Lipinski definition) is 0. The van der Waals surface area contributed by atoms with Crippen molar-refractivity contribution in [1.82, 2.24) is 19.0 Å². The summed E-state index contributed by atoms with van der Waals surface area (Å²) in [6.07, 6.45) is 8.15. The normalized spacial score (nSPS) is 29.8. The zero-order valence-corrected chi connectivity index (χ0v) is 14.6. The predicted molar refractivity (Wildman–Crippen MR) is 87.5 cm³/mol. The first kappa shape index (κ1) is 15.6. The maximum atomic E-state index is 13.0. The van der Waals surface area contributed by atoms with E-state index in [1.165, 1.54) is 25.6 Å². The van der Waals surface area contributed by atoms with Crippen LogP contribution in [0.25, 0.3) is 0 Å². The number of piperidine rings is 1. The van der Waals surface area contributed by atoms with Gasteiger partial charge in [0.25, 0.3) is 0 Å². The summed E-state index contributed by atoms with van der Waals surface area (Å²) in [4.78, 5) is 2.91. The SMILES string of the molecule is CCn1cc(S(=O)(=O)N2C[C@@H]3CC[C@H](C2)N(CC2CC2)C3)cn1. The van der Waals surface area contributed by atoms with E-state index >= 15 is 0 Å². The predicted octanol–water partition coefficient (Wildman–Crippen LogP) is 1.40. The van der Waals surface area contributed by atoms with Gasteiger partial charge in [-0.2, -0.15) is 9.40 Å². The number of rotatable bonds is 5. The number of fused-ring (bicyclic) bond motifs is 4. The molecule has 1 aliphatic carbocycles. The Bertz CT molecular complexity index is 667. The Morgan fingerprint density at radius 1 is 1.17 bits per heavy atom. The number of nitrogens with zero attached hydrogens (tertiary/aromatic N) is 4. The zero-order chi connectivity index (χ0) is 16.0. The van der Waals surface area contributed by atoms with E-state index < -0.39 is 10.0 Å². The lowest BCUT2D eigenvalue weighted by Gasteiger charge is -2.36. The maximum absolute atomic E-state index is 13.0. The first-order chi connectivity index (χ1) is 11.1. The summed E-state index contributed by atoms with van der Waals surface area (Å²) in [5.74, 6) is 1.34. The Morgan fingerprint density at radius 2 is 2.00 bits per heavy atom. The summed E-state index contributed by atoms with van der Waals surface area (Å²) in [6.45, 7) is 6.20. The number of sulfonamides is 1. The molecule has 6 nitrogen and oxygen atoms in total. The Hall–Kier alpha value is -0.920. The van der Waals surface area contributed by atoms with Crippen molar-refractivity contribution in [2.24, 2.45) is 11.8 Å². The third kappa shape index (κ3) is 3.06. The molecule has 0 N–H and O–H groups in total. The molecule has 7 heteroatoms. The lowest BCUT2D eigenvalue weighted by atomic mass is 9.95. The molecule has 0 radical (unpaired) electrons. The van der Waals surface area contributed by atoms with Crippen molar-refractivity contribution in [3.63, 3.8) is 0 Å². The number of aryl methyl sites for hydroxylation is 1. The van der Waals surface area contributed by atoms with Crippen molar-refractivity contribution < 1.29 is 8.42 Å². The molecule has 0 amide bonds. The van der Waals surface area contributed by atoms with E-state index in [2.05, 4.69) is 10.00 Å². The average Bonchev–Trinajstić information content (AvgIpc) is 3.28. The highest BCUT2D eigenvalue weighted by molar-refractivity contribution is 7.89. The molecule has 1 saturated carbocycles. The number of aromatic nitrogens is 2. The fourth-order valence-corrected chi connectivity index (χ4v) is 5.50. The lowest BCUT2D eigenvalue weighted by Crippen LogP contribution is -2.45. The molecule has 0 aromatic carbocycles. The largest absolute Gasteiger partial charge is 0.298 e. The summed E-state index contributed by atoms with van der Waals surface area (Å²) in [5.41, 5.74) is 0. The van der Waals surface area contributed by atoms with Gasteiger partial charge in [-0.05, 0) is 44.4 Å². The van der Waals surface area contributed by atoms with Crippen LogP contribution in [-0.4, -0.2) is 59.6 Å². The van der Waals surface area contributed by atoms with Crippen molar-refractivity contribution in [2.75, 3.05) is 26.2 Å². The molecule has 4 fully saturated rings. The molecule has 3 aliphatic heterocycles. The summed E-state index contributed by atoms with van der Waals surface area (Å²) in [6, 6.07) is 0.394. The van der Waals surface area contributed by atoms with Crippen LogP contribution in [0.15, 0.2) is 17.3 Å². The Balaban J connectivity index is 1.54. The molecular formula is C16H26N4O2S. The van der Waals surface area contributed by atoms with Crippen LogP contribution in [0, 0.1) is 11.8 Å². The molecule has 4 heterocycles. The Labute approximate surface area is 138 Å². The maximum Gasteiger partial charge on any atom is 0.246 e. The van der Waals surface area contributed by atoms with Gasteiger partial charge in [0.15, 0.2) is 0 Å². The van der Waals surface area contributed by atoms with Crippen molar-refractivity contribution in [1.29, 1.82) is 0 Å². The van der Waals surface area contributed by atoms with E-state index in [0.717, 1.165) is 25.3 Å². The quantitative estimate of drug-likeness (QED) is 0.814. The van der Waals surface area contributed by atoms with Crippen LogP contribution >= 0.6 is 0 Å². The van der Waals surface area contributed by atoms with Crippen molar-refractivity contribution in [3.05, 3.63) is 12.4 Å². The van der Waals surface area contributed by atoms with Crippen molar-refractivity contribution in [2.45, 2.75) is 50.1 Å². The molecule has 23 heavy (non-hydrogen) atoms. The van der Waals surface area contributed by atoms with Gasteiger partial charge in [0, 0.05) is 45.0 Å². The van der Waals surface area contributed by atoms with Gasteiger partial charge < -0.3 is 0 Å². The molecule has 0 unspecified atom stereocenters. The average molecular weight is 338 g/mol. The second-order valence-corrected chi connectivity index (χ2v) is 9.29. The summed E-state index contributed by atoms with van der Waals surface area (Å²) in [5, 5.41) is 4.14. The van der Waals surface area contributed by atoms with Gasteiger partial charge in [-0.1, -0.05) is 0 Å². The van der Waals surface area contributed by atoms with Crippen LogP contribution in [0.1, 0.15) is 32.6 Å². The van der Waals surface area contributed by atoms with E-state index in [-0.39, 0.29) is 0 Å². The molecule has 3 saturated heterocycles. The van der Waals surface area contributed by atoms with Gasteiger partial charge in [0.05, 0.1) is 6.20 Å². The highest BCUT2D eigenvalue weighted by atomic mass is 32.2. The third-order valence-electron chi connectivity index (χ3n) is 5.55. The van der Waals surface area contributed by atoms with Crippen molar-refractivity contribution in [3.8, 4) is 0 Å². The molecule has 5 rings (SSSR count). The first-order valence-electron chi connectivity index (χ1n) is 8.83. The molecule has 128 valence electrons. The van der Waals surface area contributed by atoms with Crippen LogP contribution in [0.4, 0.5) is 0 Å². The van der Waals surface area contributed by atoms with Crippen LogP contribution < -0.4 is 0 Å². The second kappa shape index (κ2) is 5.86. The van der Waals surface area contributed by atoms with Crippen molar-refractivity contribution >= 4 is 10.0 Å². The summed E-state index contributed by atoms with van der Waals surface area (Å²) in [7, 11) is -3.41. The standard InChI is InChI=1S/C16H26N4O2S/c1-2-19-12-16(7-17-19)23(21,22)20-10-14-5-6-15(11-20)18(9-14)8-13-3-4-13/h7,12-15H,2-6,8-11H2,1H3/t14-,15-/m1/s1. The van der Waals surface area contributed by atoms with E-state index in [1.54, 1.807) is 15.2 Å². The van der Waals surface area contributed by atoms with E-state index in [0.29, 0.717) is 36.5 Å². The fourth-order valence-electron chi connectivity index (χ4n) is 3.99. The van der Waals surface area contributed by atoms with E-state index in [1.807, 2.05) is 6.92 Å². The van der Waals surface area contributed by atoms with Gasteiger partial charge in [-0.15, -0.1) is 0 Å². The molecule has 4 aliphatic rings. The summed E-state index contributed by atoms with van der Waals surface area (Å²) >= 11 is 0. The topological polar surface area (TPSA) is 58.4 Å². The minimum Gasteiger partial charge on any atom is -0.298 e. The molecule has 1 aromatic heterocycles. The van der Waals surface area contributed by atoms with E-state index in [9.17, 15) is 8.42 Å². The van der Waals surface area contributed by atoms with Gasteiger partial charge >= 0.3 is 0 Å². The Kier molecular flexibility index (Phi) is 3.98. The van der Waals surface area contributed by atoms with Crippen LogP contribution in [-0.2, 0) is 16.6 Å². The fraction of sp³-hybridized carbons (Fsp3) is 0.812. The lowest BCUT2D eigenvalue weighted by molar-refractivity contribution is 0.127. The Morgan fingerprint density at radius 3 is 2.70 bits per heavy atom. The van der Waals surface area contributed by atoms with Gasteiger partial charge in [0.1, 0.15) is 4.90 Å². The van der Waals surface area contributed by atoms with E-state index in [4.69, 9.17) is 0 Å². The molecular weight excluding hydrogens is 312 g/mol.